The van der Waals surface area contributed by atoms with Crippen LogP contribution in [0.3, 0.4) is 0 Å². The quantitative estimate of drug-likeness (QED) is 0.731. The third kappa shape index (κ3) is 1.90. The topological polar surface area (TPSA) is 30.2 Å². The van der Waals surface area contributed by atoms with Crippen LogP contribution >= 0.6 is 27.3 Å². The van der Waals surface area contributed by atoms with Gasteiger partial charge in [-0.3, -0.25) is 4.99 Å². The zero-order valence-corrected chi connectivity index (χ0v) is 9.11. The summed E-state index contributed by atoms with van der Waals surface area (Å²) in [5.74, 6) is 0. The van der Waals surface area contributed by atoms with Crippen molar-refractivity contribution < 1.29 is 0 Å². The lowest BCUT2D eigenvalue weighted by Gasteiger charge is -2.02. The van der Waals surface area contributed by atoms with Gasteiger partial charge in [0.1, 0.15) is 0 Å². The van der Waals surface area contributed by atoms with E-state index >= 15 is 0 Å². The molecule has 5 heteroatoms. The van der Waals surface area contributed by atoms with Crippen molar-refractivity contribution >= 4 is 27.3 Å². The van der Waals surface area contributed by atoms with Gasteiger partial charge < -0.3 is 0 Å². The summed E-state index contributed by atoms with van der Waals surface area (Å²) >= 11 is 4.86. The predicted molar refractivity (Wildman–Crippen MR) is 49.7 cm³/mol. The maximum absolute atomic E-state index is 4.24. The van der Waals surface area contributed by atoms with Crippen molar-refractivity contribution in [1.29, 1.82) is 0 Å². The van der Waals surface area contributed by atoms with Gasteiger partial charge in [0.2, 0.25) is 4.80 Å². The molecule has 0 aromatic carbocycles. The second-order valence-electron chi connectivity index (χ2n) is 2.40. The maximum atomic E-state index is 4.24. The van der Waals surface area contributed by atoms with Crippen molar-refractivity contribution in [3.8, 4) is 0 Å². The summed E-state index contributed by atoms with van der Waals surface area (Å²) in [6.45, 7) is 4.17. The van der Waals surface area contributed by atoms with Crippen molar-refractivity contribution in [3.63, 3.8) is 0 Å². The van der Waals surface area contributed by atoms with Crippen LogP contribution in [-0.2, 0) is 0 Å². The average Bonchev–Trinajstić information content (AvgIpc) is 2.30. The lowest BCUT2D eigenvalue weighted by molar-refractivity contribution is 0.509. The molecule has 0 atom stereocenters. The lowest BCUT2D eigenvalue weighted by Crippen LogP contribution is -2.18. The molecule has 0 unspecified atom stereocenters. The highest BCUT2D eigenvalue weighted by molar-refractivity contribution is 9.11. The Morgan fingerprint density at radius 1 is 1.64 bits per heavy atom. The largest absolute Gasteiger partial charge is 0.261 e. The molecule has 0 saturated heterocycles. The Balaban J connectivity index is 3.24. The van der Waals surface area contributed by atoms with Gasteiger partial charge >= 0.3 is 0 Å². The number of hydrogen-bond donors (Lipinski definition) is 0. The highest BCUT2D eigenvalue weighted by Crippen LogP contribution is 2.10. The van der Waals surface area contributed by atoms with E-state index in [1.165, 1.54) is 0 Å². The van der Waals surface area contributed by atoms with E-state index in [0.29, 0.717) is 6.04 Å². The van der Waals surface area contributed by atoms with Gasteiger partial charge in [-0.2, -0.15) is 5.10 Å². The molecule has 11 heavy (non-hydrogen) atoms. The Labute approximate surface area is 77.9 Å². The van der Waals surface area contributed by atoms with E-state index in [4.69, 9.17) is 0 Å². The van der Waals surface area contributed by atoms with Gasteiger partial charge in [0.25, 0.3) is 0 Å². The molecule has 0 aliphatic heterocycles. The average molecular weight is 236 g/mol. The lowest BCUT2D eigenvalue weighted by atomic mass is 10.4. The van der Waals surface area contributed by atoms with Crippen LogP contribution in [-0.4, -0.2) is 16.8 Å². The molecule has 0 fully saturated rings. The molecule has 1 rings (SSSR count). The monoisotopic (exact) mass is 235 g/mol. The molecule has 0 amide bonds. The molecule has 1 heterocycles. The van der Waals surface area contributed by atoms with E-state index in [-0.39, 0.29) is 0 Å². The summed E-state index contributed by atoms with van der Waals surface area (Å²) in [6, 6.07) is 0.372. The van der Waals surface area contributed by atoms with Gasteiger partial charge in [-0.25, -0.2) is 4.68 Å². The van der Waals surface area contributed by atoms with Crippen LogP contribution < -0.4 is 4.80 Å². The zero-order chi connectivity index (χ0) is 8.43. The van der Waals surface area contributed by atoms with Crippen molar-refractivity contribution in [2.24, 2.45) is 4.99 Å². The van der Waals surface area contributed by atoms with E-state index in [2.05, 4.69) is 39.9 Å². The van der Waals surface area contributed by atoms with Gasteiger partial charge in [0.15, 0.2) is 3.92 Å². The molecule has 0 spiro atoms. The first-order chi connectivity index (χ1) is 5.15. The van der Waals surface area contributed by atoms with Gasteiger partial charge in [0.05, 0.1) is 0 Å². The summed E-state index contributed by atoms with van der Waals surface area (Å²) < 4.78 is 2.78. The molecule has 0 radical (unpaired) electrons. The summed E-state index contributed by atoms with van der Waals surface area (Å²) in [6.07, 6.45) is 0. The van der Waals surface area contributed by atoms with Crippen LogP contribution in [0.15, 0.2) is 8.91 Å². The number of hydrogen-bond acceptors (Lipinski definition) is 3. The van der Waals surface area contributed by atoms with E-state index in [9.17, 15) is 0 Å². The second kappa shape index (κ2) is 3.49. The Hall–Kier alpha value is -0.160. The van der Waals surface area contributed by atoms with E-state index in [1.54, 1.807) is 18.4 Å². The minimum Gasteiger partial charge on any atom is -0.261 e. The standard InChI is InChI=1S/C6H10BrN3S/c1-4(2)10-6(8-3)11-5(7)9-10/h4H,1-3H3. The van der Waals surface area contributed by atoms with Crippen LogP contribution in [0.4, 0.5) is 0 Å². The fourth-order valence-corrected chi connectivity index (χ4v) is 2.08. The first-order valence-electron chi connectivity index (χ1n) is 3.33. The molecular weight excluding hydrogens is 226 g/mol. The fraction of sp³-hybridized carbons (Fsp3) is 0.667. The van der Waals surface area contributed by atoms with Crippen molar-refractivity contribution in [2.75, 3.05) is 7.05 Å². The molecule has 0 saturated carbocycles. The molecule has 0 aliphatic rings. The predicted octanol–water partition coefficient (Wildman–Crippen LogP) is 1.82. The highest BCUT2D eigenvalue weighted by Gasteiger charge is 2.03. The van der Waals surface area contributed by atoms with Crippen LogP contribution in [0.25, 0.3) is 0 Å². The van der Waals surface area contributed by atoms with Gasteiger partial charge in [-0.15, -0.1) is 0 Å². The van der Waals surface area contributed by atoms with Gasteiger partial charge in [-0.05, 0) is 29.8 Å². The molecule has 0 N–H and O–H groups in total. The van der Waals surface area contributed by atoms with Crippen molar-refractivity contribution in [1.82, 2.24) is 9.78 Å². The van der Waals surface area contributed by atoms with Gasteiger partial charge in [0, 0.05) is 13.1 Å². The SMILES string of the molecule is CN=c1sc(Br)nn1C(C)C. The summed E-state index contributed by atoms with van der Waals surface area (Å²) in [4.78, 5) is 5.05. The molecule has 62 valence electrons. The second-order valence-corrected chi connectivity index (χ2v) is 4.63. The molecule has 3 nitrogen and oxygen atoms in total. The third-order valence-electron chi connectivity index (χ3n) is 1.24. The molecule has 1 aromatic heterocycles. The van der Waals surface area contributed by atoms with Crippen LogP contribution in [0.2, 0.25) is 0 Å². The number of rotatable bonds is 1. The summed E-state index contributed by atoms with van der Waals surface area (Å²) in [5, 5.41) is 4.24. The fourth-order valence-electron chi connectivity index (χ4n) is 0.754. The van der Waals surface area contributed by atoms with E-state index in [1.807, 2.05) is 4.68 Å². The zero-order valence-electron chi connectivity index (χ0n) is 6.71. The van der Waals surface area contributed by atoms with Gasteiger partial charge in [-0.1, -0.05) is 11.3 Å². The number of nitrogens with zero attached hydrogens (tertiary/aromatic N) is 3. The van der Waals surface area contributed by atoms with Crippen LogP contribution in [0, 0.1) is 0 Å². The van der Waals surface area contributed by atoms with E-state index < -0.39 is 0 Å². The number of aromatic nitrogens is 2. The Morgan fingerprint density at radius 3 is 2.64 bits per heavy atom. The Bertz CT molecular complexity index is 299. The molecule has 0 bridgehead atoms. The smallest absolute Gasteiger partial charge is 0.203 e. The molecule has 1 aromatic rings. The third-order valence-corrected chi connectivity index (χ3v) is 2.68. The van der Waals surface area contributed by atoms with Crippen LogP contribution in [0.1, 0.15) is 19.9 Å². The number of halogens is 1. The van der Waals surface area contributed by atoms with Crippen LogP contribution in [0.5, 0.6) is 0 Å². The minimum atomic E-state index is 0.372. The summed E-state index contributed by atoms with van der Waals surface area (Å²) in [7, 11) is 1.78. The first kappa shape index (κ1) is 8.93. The molecule has 0 aliphatic carbocycles. The Morgan fingerprint density at radius 2 is 2.27 bits per heavy atom. The normalized spacial score (nSPS) is 13.0. The van der Waals surface area contributed by atoms with E-state index in [0.717, 1.165) is 8.72 Å². The molecular formula is C6H10BrN3S. The Kier molecular flexibility index (Phi) is 2.84. The van der Waals surface area contributed by atoms with Crippen molar-refractivity contribution in [3.05, 3.63) is 8.72 Å². The maximum Gasteiger partial charge on any atom is 0.203 e. The highest BCUT2D eigenvalue weighted by atomic mass is 79.9. The first-order valence-corrected chi connectivity index (χ1v) is 4.94. The minimum absolute atomic E-state index is 0.372. The summed E-state index contributed by atoms with van der Waals surface area (Å²) in [5.41, 5.74) is 0. The van der Waals surface area contributed by atoms with Crippen molar-refractivity contribution in [2.45, 2.75) is 19.9 Å².